The second kappa shape index (κ2) is 4.00. The fourth-order valence-corrected chi connectivity index (χ4v) is 1.18. The smallest absolute Gasteiger partial charge is 0.357 e. The lowest BCUT2D eigenvalue weighted by molar-refractivity contribution is 0.00621. The van der Waals surface area contributed by atoms with Gasteiger partial charge in [0, 0.05) is 5.56 Å². The third kappa shape index (κ3) is 2.62. The van der Waals surface area contributed by atoms with E-state index in [1.165, 1.54) is 6.20 Å². The summed E-state index contributed by atoms with van der Waals surface area (Å²) < 4.78 is 5.20. The van der Waals surface area contributed by atoms with E-state index in [0.717, 1.165) is 0 Å². The Balaban J connectivity index is 3.06. The molecule has 0 spiro atoms. The molecule has 88 valence electrons. The van der Waals surface area contributed by atoms with E-state index in [4.69, 9.17) is 16.2 Å². The topological polar surface area (TPSA) is 91.2 Å². The van der Waals surface area contributed by atoms with Crippen molar-refractivity contribution in [2.45, 2.75) is 33.3 Å². The standard InChI is InChI=1S/C11H17N3O2/c1-6-8(13)7(12)5-14-9(6)10(15)16-11(2,3)4/h5H,12H2,1-4H3,(H2,13,14). The summed E-state index contributed by atoms with van der Waals surface area (Å²) in [6, 6.07) is 0. The van der Waals surface area contributed by atoms with Crippen molar-refractivity contribution in [2.75, 3.05) is 11.5 Å². The van der Waals surface area contributed by atoms with Crippen LogP contribution >= 0.6 is 0 Å². The summed E-state index contributed by atoms with van der Waals surface area (Å²) in [5.41, 5.74) is 12.2. The van der Waals surface area contributed by atoms with E-state index < -0.39 is 11.6 Å². The minimum Gasteiger partial charge on any atom is -0.455 e. The average Bonchev–Trinajstić information content (AvgIpc) is 2.11. The van der Waals surface area contributed by atoms with E-state index in [-0.39, 0.29) is 5.69 Å². The Morgan fingerprint density at radius 1 is 1.38 bits per heavy atom. The summed E-state index contributed by atoms with van der Waals surface area (Å²) in [4.78, 5) is 15.7. The van der Waals surface area contributed by atoms with Crippen LogP contribution in [-0.2, 0) is 4.74 Å². The molecule has 1 heterocycles. The van der Waals surface area contributed by atoms with Gasteiger partial charge in [-0.1, -0.05) is 0 Å². The molecule has 1 aromatic heterocycles. The lowest BCUT2D eigenvalue weighted by Crippen LogP contribution is -2.25. The molecule has 0 aromatic carbocycles. The summed E-state index contributed by atoms with van der Waals surface area (Å²) in [7, 11) is 0. The highest BCUT2D eigenvalue weighted by atomic mass is 16.6. The Bertz CT molecular complexity index is 422. The molecular weight excluding hydrogens is 206 g/mol. The van der Waals surface area contributed by atoms with Gasteiger partial charge in [0.1, 0.15) is 5.60 Å². The lowest BCUT2D eigenvalue weighted by atomic mass is 10.1. The molecule has 4 N–H and O–H groups in total. The Morgan fingerprint density at radius 2 is 1.94 bits per heavy atom. The number of nitrogens with two attached hydrogens (primary N) is 2. The van der Waals surface area contributed by atoms with Crippen molar-refractivity contribution in [1.82, 2.24) is 4.98 Å². The van der Waals surface area contributed by atoms with Gasteiger partial charge in [0.05, 0.1) is 17.6 Å². The molecule has 16 heavy (non-hydrogen) atoms. The van der Waals surface area contributed by atoms with Crippen molar-refractivity contribution in [2.24, 2.45) is 0 Å². The molecule has 1 rings (SSSR count). The molecule has 0 saturated carbocycles. The number of rotatable bonds is 1. The molecular formula is C11H17N3O2. The lowest BCUT2D eigenvalue weighted by Gasteiger charge is -2.20. The first kappa shape index (κ1) is 12.3. The van der Waals surface area contributed by atoms with Crippen LogP contribution in [0, 0.1) is 6.92 Å². The molecule has 0 atom stereocenters. The van der Waals surface area contributed by atoms with Gasteiger partial charge in [0.25, 0.3) is 0 Å². The van der Waals surface area contributed by atoms with Gasteiger partial charge in [0.15, 0.2) is 5.69 Å². The van der Waals surface area contributed by atoms with Crippen LogP contribution in [-0.4, -0.2) is 16.6 Å². The highest BCUT2D eigenvalue weighted by Crippen LogP contribution is 2.22. The second-order valence-corrected chi connectivity index (χ2v) is 4.60. The van der Waals surface area contributed by atoms with Crippen LogP contribution in [0.2, 0.25) is 0 Å². The third-order valence-corrected chi connectivity index (χ3v) is 2.00. The van der Waals surface area contributed by atoms with E-state index in [2.05, 4.69) is 4.98 Å². The zero-order chi connectivity index (χ0) is 12.5. The predicted octanol–water partition coefficient (Wildman–Crippen LogP) is 1.51. The van der Waals surface area contributed by atoms with Crippen LogP contribution in [0.25, 0.3) is 0 Å². The molecule has 1 aromatic rings. The van der Waals surface area contributed by atoms with Crippen LogP contribution < -0.4 is 11.5 Å². The van der Waals surface area contributed by atoms with E-state index in [1.54, 1.807) is 27.7 Å². The first-order valence-electron chi connectivity index (χ1n) is 4.96. The van der Waals surface area contributed by atoms with Crippen molar-refractivity contribution in [3.63, 3.8) is 0 Å². The number of pyridine rings is 1. The Morgan fingerprint density at radius 3 is 2.44 bits per heavy atom. The molecule has 0 bridgehead atoms. The van der Waals surface area contributed by atoms with Gasteiger partial charge in [-0.05, 0) is 27.7 Å². The number of hydrogen-bond acceptors (Lipinski definition) is 5. The number of ether oxygens (including phenoxy) is 1. The molecule has 5 heteroatoms. The quantitative estimate of drug-likeness (QED) is 0.704. The number of hydrogen-bond donors (Lipinski definition) is 2. The third-order valence-electron chi connectivity index (χ3n) is 2.00. The average molecular weight is 223 g/mol. The van der Waals surface area contributed by atoms with E-state index in [0.29, 0.717) is 16.9 Å². The maximum atomic E-state index is 11.8. The maximum Gasteiger partial charge on any atom is 0.357 e. The van der Waals surface area contributed by atoms with Crippen LogP contribution in [0.3, 0.4) is 0 Å². The minimum absolute atomic E-state index is 0.210. The largest absolute Gasteiger partial charge is 0.455 e. The van der Waals surface area contributed by atoms with Gasteiger partial charge in [0.2, 0.25) is 0 Å². The van der Waals surface area contributed by atoms with Gasteiger partial charge in [-0.2, -0.15) is 0 Å². The highest BCUT2D eigenvalue weighted by molar-refractivity contribution is 5.92. The fourth-order valence-electron chi connectivity index (χ4n) is 1.18. The number of carbonyl (C=O) groups excluding carboxylic acids is 1. The molecule has 0 unspecified atom stereocenters. The molecule has 0 radical (unpaired) electrons. The van der Waals surface area contributed by atoms with Crippen molar-refractivity contribution >= 4 is 17.3 Å². The van der Waals surface area contributed by atoms with Gasteiger partial charge in [-0.3, -0.25) is 0 Å². The van der Waals surface area contributed by atoms with E-state index in [1.807, 2.05) is 0 Å². The van der Waals surface area contributed by atoms with Gasteiger partial charge in [-0.15, -0.1) is 0 Å². The minimum atomic E-state index is -0.554. The molecule has 5 nitrogen and oxygen atoms in total. The summed E-state index contributed by atoms with van der Waals surface area (Å²) >= 11 is 0. The molecule has 0 aliphatic carbocycles. The monoisotopic (exact) mass is 223 g/mol. The predicted molar refractivity (Wildman–Crippen MR) is 63.0 cm³/mol. The van der Waals surface area contributed by atoms with Crippen molar-refractivity contribution < 1.29 is 9.53 Å². The zero-order valence-electron chi connectivity index (χ0n) is 10.00. The molecule has 0 fully saturated rings. The van der Waals surface area contributed by atoms with Crippen LogP contribution in [0.1, 0.15) is 36.8 Å². The summed E-state index contributed by atoms with van der Waals surface area (Å²) in [6.45, 7) is 7.07. The second-order valence-electron chi connectivity index (χ2n) is 4.60. The van der Waals surface area contributed by atoms with Gasteiger partial charge < -0.3 is 16.2 Å². The first-order valence-corrected chi connectivity index (χ1v) is 4.96. The fraction of sp³-hybridized carbons (Fsp3) is 0.455. The van der Waals surface area contributed by atoms with Gasteiger partial charge >= 0.3 is 5.97 Å². The number of anilines is 2. The van der Waals surface area contributed by atoms with E-state index in [9.17, 15) is 4.79 Å². The maximum absolute atomic E-state index is 11.8. The van der Waals surface area contributed by atoms with Gasteiger partial charge in [-0.25, -0.2) is 9.78 Å². The van der Waals surface area contributed by atoms with Crippen LogP contribution in [0.15, 0.2) is 6.20 Å². The van der Waals surface area contributed by atoms with E-state index >= 15 is 0 Å². The number of carbonyl (C=O) groups is 1. The Hall–Kier alpha value is -1.78. The summed E-state index contributed by atoms with van der Waals surface area (Å²) in [6.07, 6.45) is 1.36. The SMILES string of the molecule is Cc1c(C(=O)OC(C)(C)C)ncc(N)c1N. The number of nitrogen functional groups attached to an aromatic ring is 2. The molecule has 0 saturated heterocycles. The van der Waals surface area contributed by atoms with Crippen molar-refractivity contribution in [3.05, 3.63) is 17.5 Å². The number of esters is 1. The summed E-state index contributed by atoms with van der Waals surface area (Å²) in [5, 5.41) is 0. The Labute approximate surface area is 94.8 Å². The van der Waals surface area contributed by atoms with Crippen LogP contribution in [0.4, 0.5) is 11.4 Å². The van der Waals surface area contributed by atoms with Crippen molar-refractivity contribution in [1.29, 1.82) is 0 Å². The van der Waals surface area contributed by atoms with Crippen LogP contribution in [0.5, 0.6) is 0 Å². The molecule has 0 amide bonds. The normalized spacial score (nSPS) is 11.2. The zero-order valence-corrected chi connectivity index (χ0v) is 10.00. The number of aromatic nitrogens is 1. The molecule has 0 aliphatic heterocycles. The first-order chi connectivity index (χ1) is 7.22. The Kier molecular flexibility index (Phi) is 3.07. The number of nitrogens with zero attached hydrogens (tertiary/aromatic N) is 1. The summed E-state index contributed by atoms with van der Waals surface area (Å²) in [5.74, 6) is -0.489. The highest BCUT2D eigenvalue weighted by Gasteiger charge is 2.21. The van der Waals surface area contributed by atoms with Crippen molar-refractivity contribution in [3.8, 4) is 0 Å². The molecule has 0 aliphatic rings.